The van der Waals surface area contributed by atoms with Gasteiger partial charge < -0.3 is 5.11 Å². The molecule has 0 amide bonds. The molecule has 1 heterocycles. The van der Waals surface area contributed by atoms with Crippen LogP contribution in [0.15, 0.2) is 0 Å². The number of carboxylic acid groups (broad SMARTS) is 1. The Balaban J connectivity index is 2.87. The molecule has 1 rings (SSSR count). The van der Waals surface area contributed by atoms with E-state index in [0.717, 1.165) is 0 Å². The summed E-state index contributed by atoms with van der Waals surface area (Å²) in [5.41, 5.74) is 0. The fraction of sp³-hybridized carbons (Fsp3) is 0.875. The lowest BCUT2D eigenvalue weighted by Gasteiger charge is -2.16. The van der Waals surface area contributed by atoms with E-state index in [4.69, 9.17) is 5.11 Å². The van der Waals surface area contributed by atoms with Crippen LogP contribution in [0, 0.1) is 5.92 Å². The highest BCUT2D eigenvalue weighted by Crippen LogP contribution is 2.28. The average Bonchev–Trinajstić information content (AvgIpc) is 2.32. The quantitative estimate of drug-likeness (QED) is 0.736. The third-order valence-electron chi connectivity index (χ3n) is 2.58. The molecule has 1 aliphatic rings. The van der Waals surface area contributed by atoms with Crippen molar-refractivity contribution in [3.63, 3.8) is 0 Å². The standard InChI is InChI=1S/C8H14O4S/c1-2-6(8(9)10)7-4-3-5-13(7,11)12/h6-7H,2-5H2,1H3,(H,9,10). The smallest absolute Gasteiger partial charge is 0.307 e. The van der Waals surface area contributed by atoms with Crippen molar-refractivity contribution in [3.05, 3.63) is 0 Å². The molecule has 0 spiro atoms. The lowest BCUT2D eigenvalue weighted by Crippen LogP contribution is -2.31. The van der Waals surface area contributed by atoms with Crippen molar-refractivity contribution in [2.75, 3.05) is 5.75 Å². The van der Waals surface area contributed by atoms with Gasteiger partial charge in [-0.05, 0) is 19.3 Å². The number of aliphatic carboxylic acids is 1. The summed E-state index contributed by atoms with van der Waals surface area (Å²) < 4.78 is 22.8. The summed E-state index contributed by atoms with van der Waals surface area (Å²) >= 11 is 0. The van der Waals surface area contributed by atoms with Gasteiger partial charge in [0.25, 0.3) is 0 Å². The first-order valence-electron chi connectivity index (χ1n) is 4.43. The van der Waals surface area contributed by atoms with E-state index in [2.05, 4.69) is 0 Å². The third-order valence-corrected chi connectivity index (χ3v) is 4.93. The van der Waals surface area contributed by atoms with E-state index in [1.165, 1.54) is 0 Å². The Morgan fingerprint density at radius 1 is 1.62 bits per heavy atom. The molecule has 2 unspecified atom stereocenters. The first-order valence-corrected chi connectivity index (χ1v) is 6.15. The second-order valence-corrected chi connectivity index (χ2v) is 5.74. The highest BCUT2D eigenvalue weighted by molar-refractivity contribution is 7.92. The van der Waals surface area contributed by atoms with Gasteiger partial charge in [-0.15, -0.1) is 0 Å². The highest BCUT2D eigenvalue weighted by Gasteiger charge is 2.40. The van der Waals surface area contributed by atoms with Crippen molar-refractivity contribution in [2.24, 2.45) is 5.92 Å². The number of hydrogen-bond donors (Lipinski definition) is 1. The first kappa shape index (κ1) is 10.5. The second kappa shape index (κ2) is 3.65. The summed E-state index contributed by atoms with van der Waals surface area (Å²) in [5.74, 6) is -1.55. The summed E-state index contributed by atoms with van der Waals surface area (Å²) in [6.45, 7) is 1.71. The topological polar surface area (TPSA) is 71.4 Å². The molecule has 1 N–H and O–H groups in total. The van der Waals surface area contributed by atoms with Gasteiger partial charge in [0.2, 0.25) is 0 Å². The largest absolute Gasteiger partial charge is 0.481 e. The van der Waals surface area contributed by atoms with Crippen molar-refractivity contribution in [3.8, 4) is 0 Å². The number of sulfone groups is 1. The van der Waals surface area contributed by atoms with Gasteiger partial charge in [-0.3, -0.25) is 4.79 Å². The van der Waals surface area contributed by atoms with Crippen molar-refractivity contribution in [1.29, 1.82) is 0 Å². The van der Waals surface area contributed by atoms with Gasteiger partial charge in [-0.25, -0.2) is 8.42 Å². The van der Waals surface area contributed by atoms with Crippen LogP contribution >= 0.6 is 0 Å². The Morgan fingerprint density at radius 3 is 2.54 bits per heavy atom. The summed E-state index contributed by atoms with van der Waals surface area (Å²) in [5, 5.41) is 8.16. The van der Waals surface area contributed by atoms with E-state index < -0.39 is 27.0 Å². The maximum Gasteiger partial charge on any atom is 0.307 e. The Morgan fingerprint density at radius 2 is 2.23 bits per heavy atom. The van der Waals surface area contributed by atoms with Crippen LogP contribution in [0.2, 0.25) is 0 Å². The molecular formula is C8H14O4S. The maximum absolute atomic E-state index is 11.4. The Kier molecular flexibility index (Phi) is 2.95. The monoisotopic (exact) mass is 206 g/mol. The second-order valence-electron chi connectivity index (χ2n) is 3.40. The van der Waals surface area contributed by atoms with Gasteiger partial charge in [0.15, 0.2) is 9.84 Å². The number of hydrogen-bond acceptors (Lipinski definition) is 3. The molecule has 0 aromatic heterocycles. The molecule has 0 saturated carbocycles. The van der Waals surface area contributed by atoms with Gasteiger partial charge in [0.05, 0.1) is 16.9 Å². The molecule has 2 atom stereocenters. The fourth-order valence-electron chi connectivity index (χ4n) is 1.86. The molecule has 1 saturated heterocycles. The molecule has 0 radical (unpaired) electrons. The lowest BCUT2D eigenvalue weighted by atomic mass is 9.99. The van der Waals surface area contributed by atoms with E-state index >= 15 is 0 Å². The van der Waals surface area contributed by atoms with Crippen LogP contribution in [0.3, 0.4) is 0 Å². The van der Waals surface area contributed by atoms with Crippen LogP contribution in [0.4, 0.5) is 0 Å². The van der Waals surface area contributed by atoms with Crippen LogP contribution < -0.4 is 0 Å². The molecular weight excluding hydrogens is 192 g/mol. The van der Waals surface area contributed by atoms with E-state index in [1.807, 2.05) is 0 Å². The van der Waals surface area contributed by atoms with Crippen molar-refractivity contribution in [2.45, 2.75) is 31.4 Å². The van der Waals surface area contributed by atoms with E-state index in [9.17, 15) is 13.2 Å². The maximum atomic E-state index is 11.4. The number of rotatable bonds is 3. The Hall–Kier alpha value is -0.580. The Bertz CT molecular complexity index is 293. The summed E-state index contributed by atoms with van der Waals surface area (Å²) in [6, 6.07) is 0. The molecule has 0 aromatic rings. The van der Waals surface area contributed by atoms with E-state index in [-0.39, 0.29) is 5.75 Å². The van der Waals surface area contributed by atoms with Gasteiger partial charge >= 0.3 is 5.97 Å². The molecule has 13 heavy (non-hydrogen) atoms. The van der Waals surface area contributed by atoms with Crippen molar-refractivity contribution < 1.29 is 18.3 Å². The zero-order chi connectivity index (χ0) is 10.1. The van der Waals surface area contributed by atoms with Gasteiger partial charge in [0.1, 0.15) is 0 Å². The van der Waals surface area contributed by atoms with Crippen LogP contribution in [0.25, 0.3) is 0 Å². The number of carbonyl (C=O) groups is 1. The lowest BCUT2D eigenvalue weighted by molar-refractivity contribution is -0.141. The molecule has 76 valence electrons. The van der Waals surface area contributed by atoms with Gasteiger partial charge in [-0.1, -0.05) is 6.92 Å². The normalized spacial score (nSPS) is 28.5. The van der Waals surface area contributed by atoms with Crippen molar-refractivity contribution >= 4 is 15.8 Å². The van der Waals surface area contributed by atoms with E-state index in [1.54, 1.807) is 6.92 Å². The zero-order valence-corrected chi connectivity index (χ0v) is 8.38. The predicted octanol–water partition coefficient (Wildman–Crippen LogP) is 0.674. The average molecular weight is 206 g/mol. The molecule has 1 aliphatic heterocycles. The highest BCUT2D eigenvalue weighted by atomic mass is 32.2. The molecule has 0 aliphatic carbocycles. The predicted molar refractivity (Wildman–Crippen MR) is 48.2 cm³/mol. The third kappa shape index (κ3) is 2.02. The minimum Gasteiger partial charge on any atom is -0.481 e. The molecule has 5 heteroatoms. The van der Waals surface area contributed by atoms with Gasteiger partial charge in [-0.2, -0.15) is 0 Å². The van der Waals surface area contributed by atoms with Crippen LogP contribution in [0.5, 0.6) is 0 Å². The van der Waals surface area contributed by atoms with Crippen molar-refractivity contribution in [1.82, 2.24) is 0 Å². The van der Waals surface area contributed by atoms with Crippen LogP contribution in [0.1, 0.15) is 26.2 Å². The van der Waals surface area contributed by atoms with Crippen LogP contribution in [-0.2, 0) is 14.6 Å². The van der Waals surface area contributed by atoms with E-state index in [0.29, 0.717) is 19.3 Å². The van der Waals surface area contributed by atoms with Crippen LogP contribution in [-0.4, -0.2) is 30.5 Å². The molecule has 1 fully saturated rings. The molecule has 4 nitrogen and oxygen atoms in total. The fourth-order valence-corrected chi connectivity index (χ4v) is 4.07. The minimum atomic E-state index is -3.12. The molecule has 0 bridgehead atoms. The summed E-state index contributed by atoms with van der Waals surface area (Å²) in [4.78, 5) is 10.7. The van der Waals surface area contributed by atoms with Gasteiger partial charge in [0, 0.05) is 0 Å². The molecule has 0 aromatic carbocycles. The minimum absolute atomic E-state index is 0.154. The SMILES string of the molecule is CCC(C(=O)O)C1CCCS1(=O)=O. The summed E-state index contributed by atoms with van der Waals surface area (Å²) in [6.07, 6.45) is 1.50. The Labute approximate surface area is 77.9 Å². The zero-order valence-electron chi connectivity index (χ0n) is 7.56. The first-order chi connectivity index (χ1) is 5.99. The number of carboxylic acids is 1. The summed E-state index contributed by atoms with van der Waals surface area (Å²) in [7, 11) is -3.12.